The molecule has 1 heterocycles. The van der Waals surface area contributed by atoms with Gasteiger partial charge in [0.05, 0.1) is 6.54 Å². The van der Waals surface area contributed by atoms with Crippen molar-refractivity contribution in [3.05, 3.63) is 34.3 Å². The van der Waals surface area contributed by atoms with Crippen LogP contribution in [0.2, 0.25) is 0 Å². The molecule has 1 aromatic rings. The Morgan fingerprint density at radius 1 is 1.27 bits per heavy atom. The first kappa shape index (κ1) is 19.2. The first-order chi connectivity index (χ1) is 12.5. The molecule has 1 saturated heterocycles. The van der Waals surface area contributed by atoms with E-state index in [1.54, 1.807) is 0 Å². The number of guanidine groups is 1. The minimum absolute atomic E-state index is 0.251. The SMILES string of the molecule is CCN=C(NC1CCN(CC(N)=O)CC1)NC1CC1c1ccc(Br)cc1. The smallest absolute Gasteiger partial charge is 0.231 e. The molecule has 2 atom stereocenters. The number of nitrogens with zero attached hydrogens (tertiary/aromatic N) is 2. The fraction of sp³-hybridized carbons (Fsp3) is 0.579. The van der Waals surface area contributed by atoms with Crippen molar-refractivity contribution < 1.29 is 4.79 Å². The summed E-state index contributed by atoms with van der Waals surface area (Å²) in [5, 5.41) is 7.16. The molecule has 6 nitrogen and oxygen atoms in total. The van der Waals surface area contributed by atoms with E-state index in [9.17, 15) is 4.79 Å². The lowest BCUT2D eigenvalue weighted by molar-refractivity contribution is -0.119. The molecule has 4 N–H and O–H groups in total. The van der Waals surface area contributed by atoms with E-state index in [-0.39, 0.29) is 5.91 Å². The molecule has 1 aromatic carbocycles. The number of amides is 1. The standard InChI is InChI=1S/C19H28BrN5O/c1-2-22-19(23-15-7-9-25(10-8-15)12-18(21)26)24-17-11-16(17)13-3-5-14(20)6-4-13/h3-6,15-17H,2,7-12H2,1H3,(H2,21,26)(H2,22,23,24). The van der Waals surface area contributed by atoms with Gasteiger partial charge in [-0.25, -0.2) is 0 Å². The summed E-state index contributed by atoms with van der Waals surface area (Å²) in [6, 6.07) is 9.42. The van der Waals surface area contributed by atoms with Crippen molar-refractivity contribution in [3.63, 3.8) is 0 Å². The lowest BCUT2D eigenvalue weighted by atomic mass is 10.1. The molecule has 0 aromatic heterocycles. The number of nitrogens with one attached hydrogen (secondary N) is 2. The van der Waals surface area contributed by atoms with Crippen LogP contribution in [0.1, 0.15) is 37.7 Å². The summed E-state index contributed by atoms with van der Waals surface area (Å²) in [7, 11) is 0. The first-order valence-electron chi connectivity index (χ1n) is 9.38. The van der Waals surface area contributed by atoms with E-state index in [4.69, 9.17) is 5.73 Å². The Balaban J connectivity index is 1.48. The maximum absolute atomic E-state index is 11.0. The number of likely N-dealkylation sites (tertiary alicyclic amines) is 1. The summed E-state index contributed by atoms with van der Waals surface area (Å²) in [6.45, 7) is 4.96. The molecule has 0 bridgehead atoms. The average molecular weight is 422 g/mol. The zero-order valence-corrected chi connectivity index (χ0v) is 16.8. The molecule has 142 valence electrons. The fourth-order valence-corrected chi connectivity index (χ4v) is 3.81. The minimum atomic E-state index is -0.251. The lowest BCUT2D eigenvalue weighted by Crippen LogP contribution is -2.50. The fourth-order valence-electron chi connectivity index (χ4n) is 3.55. The van der Waals surface area contributed by atoms with E-state index in [1.807, 2.05) is 0 Å². The number of aliphatic imine (C=N–C) groups is 1. The number of hydrogen-bond acceptors (Lipinski definition) is 3. The van der Waals surface area contributed by atoms with Crippen LogP contribution < -0.4 is 16.4 Å². The van der Waals surface area contributed by atoms with Crippen LogP contribution in [-0.4, -0.2) is 55.0 Å². The number of carbonyl (C=O) groups excluding carboxylic acids is 1. The summed E-state index contributed by atoms with van der Waals surface area (Å²) in [5.74, 6) is 1.22. The van der Waals surface area contributed by atoms with Gasteiger partial charge in [-0.3, -0.25) is 14.7 Å². The van der Waals surface area contributed by atoms with Crippen LogP contribution in [0.4, 0.5) is 0 Å². The average Bonchev–Trinajstić information content (AvgIpc) is 3.36. The molecule has 0 spiro atoms. The highest BCUT2D eigenvalue weighted by Crippen LogP contribution is 2.41. The first-order valence-corrected chi connectivity index (χ1v) is 10.2. The highest BCUT2D eigenvalue weighted by atomic mass is 79.9. The largest absolute Gasteiger partial charge is 0.369 e. The van der Waals surface area contributed by atoms with Crippen molar-refractivity contribution in [2.45, 2.75) is 44.2 Å². The van der Waals surface area contributed by atoms with Gasteiger partial charge in [-0.05, 0) is 43.9 Å². The number of carbonyl (C=O) groups is 1. The molecule has 1 amide bonds. The third-order valence-electron chi connectivity index (χ3n) is 5.03. The number of hydrogen-bond donors (Lipinski definition) is 3. The summed E-state index contributed by atoms with van der Waals surface area (Å²) in [6.07, 6.45) is 3.14. The second-order valence-electron chi connectivity index (χ2n) is 7.13. The van der Waals surface area contributed by atoms with Crippen molar-refractivity contribution in [1.82, 2.24) is 15.5 Å². The van der Waals surface area contributed by atoms with E-state index in [2.05, 4.69) is 67.6 Å². The Morgan fingerprint density at radius 2 is 1.96 bits per heavy atom. The normalized spacial score (nSPS) is 24.3. The Bertz CT molecular complexity index is 640. The van der Waals surface area contributed by atoms with Crippen molar-refractivity contribution >= 4 is 27.8 Å². The number of halogens is 1. The number of nitrogens with two attached hydrogens (primary N) is 1. The summed E-state index contributed by atoms with van der Waals surface area (Å²) in [5.41, 5.74) is 6.66. The molecular weight excluding hydrogens is 394 g/mol. The Kier molecular flexibility index (Phi) is 6.53. The van der Waals surface area contributed by atoms with Crippen LogP contribution in [-0.2, 0) is 4.79 Å². The number of primary amides is 1. The minimum Gasteiger partial charge on any atom is -0.369 e. The topological polar surface area (TPSA) is 82.8 Å². The quantitative estimate of drug-likeness (QED) is 0.483. The molecule has 3 rings (SSSR count). The van der Waals surface area contributed by atoms with E-state index in [1.165, 1.54) is 5.56 Å². The molecule has 0 radical (unpaired) electrons. The van der Waals surface area contributed by atoms with Gasteiger partial charge in [0.25, 0.3) is 0 Å². The van der Waals surface area contributed by atoms with Gasteiger partial charge in [0.15, 0.2) is 5.96 Å². The molecule has 1 saturated carbocycles. The maximum Gasteiger partial charge on any atom is 0.231 e. The van der Waals surface area contributed by atoms with Crippen molar-refractivity contribution in [2.24, 2.45) is 10.7 Å². The monoisotopic (exact) mass is 421 g/mol. The van der Waals surface area contributed by atoms with Crippen LogP contribution >= 0.6 is 15.9 Å². The van der Waals surface area contributed by atoms with Gasteiger partial charge in [0, 0.05) is 42.1 Å². The van der Waals surface area contributed by atoms with E-state index in [0.29, 0.717) is 24.5 Å². The van der Waals surface area contributed by atoms with Gasteiger partial charge in [0.2, 0.25) is 5.91 Å². The number of piperidine rings is 1. The molecule has 1 aliphatic heterocycles. The molecule has 2 aliphatic rings. The van der Waals surface area contributed by atoms with Gasteiger partial charge in [-0.1, -0.05) is 28.1 Å². The number of rotatable bonds is 6. The Morgan fingerprint density at radius 3 is 2.58 bits per heavy atom. The van der Waals surface area contributed by atoms with Crippen molar-refractivity contribution in [1.29, 1.82) is 0 Å². The van der Waals surface area contributed by atoms with Crippen LogP contribution in [0.25, 0.3) is 0 Å². The van der Waals surface area contributed by atoms with E-state index < -0.39 is 0 Å². The molecule has 1 aliphatic carbocycles. The van der Waals surface area contributed by atoms with Crippen molar-refractivity contribution in [2.75, 3.05) is 26.2 Å². The van der Waals surface area contributed by atoms with E-state index >= 15 is 0 Å². The second kappa shape index (κ2) is 8.86. The molecule has 26 heavy (non-hydrogen) atoms. The molecule has 7 heteroatoms. The summed E-state index contributed by atoms with van der Waals surface area (Å²) < 4.78 is 1.11. The van der Waals surface area contributed by atoms with Crippen LogP contribution in [0.15, 0.2) is 33.7 Å². The highest BCUT2D eigenvalue weighted by molar-refractivity contribution is 9.10. The number of benzene rings is 1. The zero-order valence-electron chi connectivity index (χ0n) is 15.2. The van der Waals surface area contributed by atoms with Gasteiger partial charge in [0.1, 0.15) is 0 Å². The van der Waals surface area contributed by atoms with Crippen molar-refractivity contribution in [3.8, 4) is 0 Å². The maximum atomic E-state index is 11.0. The Labute approximate surface area is 163 Å². The zero-order chi connectivity index (χ0) is 18.5. The molecule has 2 unspecified atom stereocenters. The third kappa shape index (κ3) is 5.45. The van der Waals surface area contributed by atoms with Crippen LogP contribution in [0.3, 0.4) is 0 Å². The van der Waals surface area contributed by atoms with E-state index in [0.717, 1.165) is 49.3 Å². The Hall–Kier alpha value is -1.60. The van der Waals surface area contributed by atoms with Crippen LogP contribution in [0, 0.1) is 0 Å². The van der Waals surface area contributed by atoms with Crippen LogP contribution in [0.5, 0.6) is 0 Å². The molecular formula is C19H28BrN5O. The lowest BCUT2D eigenvalue weighted by Gasteiger charge is -2.32. The van der Waals surface area contributed by atoms with Gasteiger partial charge >= 0.3 is 0 Å². The predicted molar refractivity (Wildman–Crippen MR) is 108 cm³/mol. The second-order valence-corrected chi connectivity index (χ2v) is 8.04. The van der Waals surface area contributed by atoms with Gasteiger partial charge < -0.3 is 16.4 Å². The molecule has 2 fully saturated rings. The summed E-state index contributed by atoms with van der Waals surface area (Å²) in [4.78, 5) is 17.8. The van der Waals surface area contributed by atoms with Gasteiger partial charge in [-0.15, -0.1) is 0 Å². The predicted octanol–water partition coefficient (Wildman–Crippen LogP) is 1.81. The van der Waals surface area contributed by atoms with Gasteiger partial charge in [-0.2, -0.15) is 0 Å². The highest BCUT2D eigenvalue weighted by Gasteiger charge is 2.39. The third-order valence-corrected chi connectivity index (χ3v) is 5.56. The summed E-state index contributed by atoms with van der Waals surface area (Å²) >= 11 is 3.49.